The fraction of sp³-hybridized carbons (Fsp3) is 0.462. The van der Waals surface area contributed by atoms with Gasteiger partial charge in [0.1, 0.15) is 6.04 Å². The molecule has 1 aromatic rings. The predicted molar refractivity (Wildman–Crippen MR) is 65.5 cm³/mol. The van der Waals surface area contributed by atoms with Gasteiger partial charge < -0.3 is 14.8 Å². The first-order valence-corrected chi connectivity index (χ1v) is 5.55. The van der Waals surface area contributed by atoms with Gasteiger partial charge in [-0.3, -0.25) is 4.79 Å². The minimum Gasteiger partial charge on any atom is -0.468 e. The Bertz CT molecular complexity index is 348. The summed E-state index contributed by atoms with van der Waals surface area (Å²) >= 11 is 0. The van der Waals surface area contributed by atoms with Crippen molar-refractivity contribution in [1.29, 1.82) is 0 Å². The number of carbonyl (C=O) groups excluding carboxylic acids is 1. The van der Waals surface area contributed by atoms with E-state index in [2.05, 4.69) is 10.1 Å². The van der Waals surface area contributed by atoms with Crippen LogP contribution in [0.2, 0.25) is 0 Å². The molecule has 0 aliphatic rings. The van der Waals surface area contributed by atoms with Crippen LogP contribution < -0.4 is 5.32 Å². The lowest BCUT2D eigenvalue weighted by atomic mass is 10.1. The molecule has 0 saturated heterocycles. The van der Waals surface area contributed by atoms with Gasteiger partial charge in [0.25, 0.3) is 0 Å². The van der Waals surface area contributed by atoms with Gasteiger partial charge in [-0.1, -0.05) is 24.3 Å². The highest BCUT2D eigenvalue weighted by atomic mass is 16.5. The molecule has 0 saturated carbocycles. The van der Waals surface area contributed by atoms with Crippen molar-refractivity contribution in [3.05, 3.63) is 35.4 Å². The molecule has 4 nitrogen and oxygen atoms in total. The third-order valence-electron chi connectivity index (χ3n) is 2.50. The lowest BCUT2D eigenvalue weighted by Gasteiger charge is -2.11. The monoisotopic (exact) mass is 237 g/mol. The van der Waals surface area contributed by atoms with Gasteiger partial charge in [0.15, 0.2) is 0 Å². The molecule has 0 aromatic heterocycles. The van der Waals surface area contributed by atoms with Gasteiger partial charge in [-0.25, -0.2) is 0 Å². The molecule has 1 rings (SSSR count). The maximum absolute atomic E-state index is 11.2. The molecule has 1 N–H and O–H groups in total. The van der Waals surface area contributed by atoms with Crippen molar-refractivity contribution in [3.63, 3.8) is 0 Å². The Morgan fingerprint density at radius 1 is 1.24 bits per heavy atom. The fourth-order valence-electron chi connectivity index (χ4n) is 1.45. The average Bonchev–Trinajstić information content (AvgIpc) is 2.37. The van der Waals surface area contributed by atoms with Crippen LogP contribution in [0.4, 0.5) is 0 Å². The summed E-state index contributed by atoms with van der Waals surface area (Å²) in [5.74, 6) is -0.249. The quantitative estimate of drug-likeness (QED) is 0.761. The van der Waals surface area contributed by atoms with E-state index in [4.69, 9.17) is 4.74 Å². The Labute approximate surface area is 102 Å². The van der Waals surface area contributed by atoms with E-state index in [0.29, 0.717) is 13.2 Å². The van der Waals surface area contributed by atoms with Crippen LogP contribution in [-0.2, 0) is 27.4 Å². The third kappa shape index (κ3) is 4.54. The summed E-state index contributed by atoms with van der Waals surface area (Å²) in [6.45, 7) is 3.04. The van der Waals surface area contributed by atoms with Crippen LogP contribution in [-0.4, -0.2) is 26.2 Å². The molecule has 94 valence electrons. The number of rotatable bonds is 6. The molecule has 1 atom stereocenters. The van der Waals surface area contributed by atoms with Crippen molar-refractivity contribution in [2.24, 2.45) is 0 Å². The van der Waals surface area contributed by atoms with Gasteiger partial charge in [-0.2, -0.15) is 0 Å². The van der Waals surface area contributed by atoms with E-state index in [1.54, 1.807) is 14.0 Å². The van der Waals surface area contributed by atoms with E-state index in [0.717, 1.165) is 11.1 Å². The lowest BCUT2D eigenvalue weighted by molar-refractivity contribution is -0.142. The summed E-state index contributed by atoms with van der Waals surface area (Å²) in [6, 6.07) is 7.78. The molecule has 0 aliphatic carbocycles. The molecular formula is C13H19NO3. The molecule has 0 fully saturated rings. The van der Waals surface area contributed by atoms with Crippen LogP contribution in [0.5, 0.6) is 0 Å². The lowest BCUT2D eigenvalue weighted by Crippen LogP contribution is -2.34. The zero-order valence-corrected chi connectivity index (χ0v) is 10.5. The standard InChI is InChI=1S/C13H19NO3/c1-10(13(15)17-3)14-8-11-4-6-12(7-5-11)9-16-2/h4-7,10,14H,8-9H2,1-3H3/t10-/m0/s1. The van der Waals surface area contributed by atoms with Gasteiger partial charge >= 0.3 is 5.97 Å². The molecule has 0 radical (unpaired) electrons. The number of esters is 1. The second kappa shape index (κ2) is 7.04. The number of ether oxygens (including phenoxy) is 2. The number of carbonyl (C=O) groups is 1. The molecule has 0 unspecified atom stereocenters. The molecule has 0 heterocycles. The van der Waals surface area contributed by atoms with Gasteiger partial charge in [-0.05, 0) is 18.1 Å². The summed E-state index contributed by atoms with van der Waals surface area (Å²) in [7, 11) is 3.06. The third-order valence-corrected chi connectivity index (χ3v) is 2.50. The number of benzene rings is 1. The van der Waals surface area contributed by atoms with Crippen LogP contribution in [0.25, 0.3) is 0 Å². The highest BCUT2D eigenvalue weighted by Crippen LogP contribution is 2.05. The molecule has 0 bridgehead atoms. The highest BCUT2D eigenvalue weighted by Gasteiger charge is 2.11. The topological polar surface area (TPSA) is 47.6 Å². The molecule has 0 spiro atoms. The van der Waals surface area contributed by atoms with E-state index in [9.17, 15) is 4.79 Å². The number of hydrogen-bond acceptors (Lipinski definition) is 4. The Kier molecular flexibility index (Phi) is 5.66. The molecule has 1 aromatic carbocycles. The zero-order chi connectivity index (χ0) is 12.7. The van der Waals surface area contributed by atoms with Crippen molar-refractivity contribution in [2.75, 3.05) is 14.2 Å². The van der Waals surface area contributed by atoms with E-state index in [-0.39, 0.29) is 12.0 Å². The first kappa shape index (κ1) is 13.7. The van der Waals surface area contributed by atoms with Crippen molar-refractivity contribution in [1.82, 2.24) is 5.32 Å². The van der Waals surface area contributed by atoms with Crippen LogP contribution >= 0.6 is 0 Å². The van der Waals surface area contributed by atoms with E-state index in [1.807, 2.05) is 24.3 Å². The summed E-state index contributed by atoms with van der Waals surface area (Å²) < 4.78 is 9.67. The molecule has 17 heavy (non-hydrogen) atoms. The Hall–Kier alpha value is -1.39. The number of methoxy groups -OCH3 is 2. The highest BCUT2D eigenvalue weighted by molar-refractivity contribution is 5.75. The van der Waals surface area contributed by atoms with Crippen LogP contribution in [0.15, 0.2) is 24.3 Å². The van der Waals surface area contributed by atoms with Gasteiger partial charge in [0, 0.05) is 13.7 Å². The molecule has 0 amide bonds. The maximum Gasteiger partial charge on any atom is 0.322 e. The van der Waals surface area contributed by atoms with Gasteiger partial charge in [0.2, 0.25) is 0 Å². The minimum atomic E-state index is -0.293. The van der Waals surface area contributed by atoms with Crippen molar-refractivity contribution in [3.8, 4) is 0 Å². The Morgan fingerprint density at radius 2 is 1.82 bits per heavy atom. The van der Waals surface area contributed by atoms with Crippen LogP contribution in [0, 0.1) is 0 Å². The van der Waals surface area contributed by atoms with Crippen molar-refractivity contribution < 1.29 is 14.3 Å². The maximum atomic E-state index is 11.2. The summed E-state index contributed by atoms with van der Waals surface area (Å²) in [5.41, 5.74) is 2.26. The first-order valence-electron chi connectivity index (χ1n) is 5.55. The van der Waals surface area contributed by atoms with Gasteiger partial charge in [-0.15, -0.1) is 0 Å². The summed E-state index contributed by atoms with van der Waals surface area (Å²) in [4.78, 5) is 11.2. The van der Waals surface area contributed by atoms with E-state index >= 15 is 0 Å². The molecule has 4 heteroatoms. The molecule has 0 aliphatic heterocycles. The smallest absolute Gasteiger partial charge is 0.322 e. The summed E-state index contributed by atoms with van der Waals surface area (Å²) in [5, 5.41) is 3.10. The number of nitrogens with one attached hydrogen (secondary N) is 1. The summed E-state index contributed by atoms with van der Waals surface area (Å²) in [6.07, 6.45) is 0. The van der Waals surface area contributed by atoms with Crippen LogP contribution in [0.1, 0.15) is 18.1 Å². The van der Waals surface area contributed by atoms with Crippen molar-refractivity contribution >= 4 is 5.97 Å². The average molecular weight is 237 g/mol. The SMILES string of the molecule is COCc1ccc(CN[C@@H](C)C(=O)OC)cc1. The van der Waals surface area contributed by atoms with Gasteiger partial charge in [0.05, 0.1) is 13.7 Å². The zero-order valence-electron chi connectivity index (χ0n) is 10.5. The fourth-order valence-corrected chi connectivity index (χ4v) is 1.45. The van der Waals surface area contributed by atoms with E-state index < -0.39 is 0 Å². The minimum absolute atomic E-state index is 0.249. The predicted octanol–water partition coefficient (Wildman–Crippen LogP) is 1.48. The first-order chi connectivity index (χ1) is 8.17. The Balaban J connectivity index is 2.44. The molecular weight excluding hydrogens is 218 g/mol. The number of hydrogen-bond donors (Lipinski definition) is 1. The Morgan fingerprint density at radius 3 is 2.35 bits per heavy atom. The van der Waals surface area contributed by atoms with Crippen molar-refractivity contribution in [2.45, 2.75) is 26.1 Å². The van der Waals surface area contributed by atoms with Crippen LogP contribution in [0.3, 0.4) is 0 Å². The second-order valence-electron chi connectivity index (χ2n) is 3.88. The second-order valence-corrected chi connectivity index (χ2v) is 3.88. The largest absolute Gasteiger partial charge is 0.468 e. The van der Waals surface area contributed by atoms with E-state index in [1.165, 1.54) is 7.11 Å². The normalized spacial score (nSPS) is 12.2.